The summed E-state index contributed by atoms with van der Waals surface area (Å²) in [7, 11) is 0. The number of carbonyl (C=O) groups excluding carboxylic acids is 1. The summed E-state index contributed by atoms with van der Waals surface area (Å²) in [5, 5.41) is 3.17. The van der Waals surface area contributed by atoms with E-state index in [-0.39, 0.29) is 29.8 Å². The van der Waals surface area contributed by atoms with Crippen molar-refractivity contribution in [3.05, 3.63) is 35.9 Å². The average molecular weight is 335 g/mol. The van der Waals surface area contributed by atoms with E-state index in [2.05, 4.69) is 5.32 Å². The van der Waals surface area contributed by atoms with Gasteiger partial charge in [0, 0.05) is 18.0 Å². The van der Waals surface area contributed by atoms with Gasteiger partial charge in [0.15, 0.2) is 0 Å². The fourth-order valence-electron chi connectivity index (χ4n) is 5.60. The zero-order valence-corrected chi connectivity index (χ0v) is 14.4. The Hall–Kier alpha value is -1.06. The van der Waals surface area contributed by atoms with Crippen molar-refractivity contribution in [2.45, 2.75) is 44.6 Å². The van der Waals surface area contributed by atoms with Crippen LogP contribution in [0.1, 0.15) is 50.1 Å². The van der Waals surface area contributed by atoms with Gasteiger partial charge in [-0.2, -0.15) is 0 Å². The predicted molar refractivity (Wildman–Crippen MR) is 94.2 cm³/mol. The molecule has 1 aromatic rings. The minimum absolute atomic E-state index is 0. The second-order valence-corrected chi connectivity index (χ2v) is 7.93. The number of benzene rings is 1. The fourth-order valence-corrected chi connectivity index (χ4v) is 5.60. The number of carbonyl (C=O) groups is 1. The average Bonchev–Trinajstić information content (AvgIpc) is 2.51. The van der Waals surface area contributed by atoms with E-state index in [1.807, 2.05) is 30.3 Å². The molecule has 4 aliphatic carbocycles. The molecule has 3 N–H and O–H groups in total. The van der Waals surface area contributed by atoms with Crippen LogP contribution in [0, 0.1) is 23.2 Å². The lowest BCUT2D eigenvalue weighted by Gasteiger charge is -2.55. The van der Waals surface area contributed by atoms with Gasteiger partial charge >= 0.3 is 0 Å². The van der Waals surface area contributed by atoms with Gasteiger partial charge in [0.25, 0.3) is 0 Å². The first-order valence-corrected chi connectivity index (χ1v) is 8.73. The van der Waals surface area contributed by atoms with Gasteiger partial charge in [-0.1, -0.05) is 30.3 Å². The minimum atomic E-state index is -0.112. The van der Waals surface area contributed by atoms with Crippen LogP contribution in [0.3, 0.4) is 0 Å². The first-order chi connectivity index (χ1) is 10.6. The molecule has 126 valence electrons. The van der Waals surface area contributed by atoms with Crippen LogP contribution in [0.15, 0.2) is 30.3 Å². The summed E-state index contributed by atoms with van der Waals surface area (Å²) >= 11 is 0. The van der Waals surface area contributed by atoms with Gasteiger partial charge in [-0.05, 0) is 61.8 Å². The maximum atomic E-state index is 12.9. The van der Waals surface area contributed by atoms with Crippen LogP contribution >= 0.6 is 12.4 Å². The van der Waals surface area contributed by atoms with Crippen LogP contribution in [0.2, 0.25) is 0 Å². The van der Waals surface area contributed by atoms with E-state index >= 15 is 0 Å². The summed E-state index contributed by atoms with van der Waals surface area (Å²) in [6, 6.07) is 9.93. The van der Waals surface area contributed by atoms with Crippen LogP contribution < -0.4 is 11.1 Å². The van der Waals surface area contributed by atoms with E-state index in [4.69, 9.17) is 5.73 Å². The van der Waals surface area contributed by atoms with Crippen molar-refractivity contribution in [1.82, 2.24) is 5.32 Å². The van der Waals surface area contributed by atoms with E-state index in [1.54, 1.807) is 0 Å². The van der Waals surface area contributed by atoms with E-state index in [0.717, 1.165) is 42.6 Å². The maximum absolute atomic E-state index is 12.9. The van der Waals surface area contributed by atoms with Crippen LogP contribution in [0.4, 0.5) is 0 Å². The highest BCUT2D eigenvalue weighted by molar-refractivity contribution is 5.85. The minimum Gasteiger partial charge on any atom is -0.354 e. The standard InChI is InChI=1S/C19H26N2O.ClH/c20-17(16-4-2-1-3-5-16)12-21-18(22)19-9-13-6-14(10-19)8-15(7-13)11-19;/h1-5,13-15,17H,6-12,20H2,(H,21,22);1H. The number of rotatable bonds is 4. The summed E-state index contributed by atoms with van der Waals surface area (Å²) < 4.78 is 0. The van der Waals surface area contributed by atoms with Gasteiger partial charge in [0.05, 0.1) is 0 Å². The molecule has 0 heterocycles. The number of hydrogen-bond acceptors (Lipinski definition) is 2. The molecular weight excluding hydrogens is 308 g/mol. The topological polar surface area (TPSA) is 55.1 Å². The molecule has 1 unspecified atom stereocenters. The van der Waals surface area contributed by atoms with Gasteiger partial charge in [-0.15, -0.1) is 12.4 Å². The highest BCUT2D eigenvalue weighted by Crippen LogP contribution is 2.60. The second-order valence-electron chi connectivity index (χ2n) is 7.93. The highest BCUT2D eigenvalue weighted by Gasteiger charge is 2.54. The fraction of sp³-hybridized carbons (Fsp3) is 0.632. The Morgan fingerprint density at radius 3 is 2.13 bits per heavy atom. The van der Waals surface area contributed by atoms with Crippen LogP contribution in [-0.4, -0.2) is 12.5 Å². The smallest absolute Gasteiger partial charge is 0.226 e. The molecule has 23 heavy (non-hydrogen) atoms. The van der Waals surface area contributed by atoms with E-state index in [0.29, 0.717) is 6.54 Å². The summed E-state index contributed by atoms with van der Waals surface area (Å²) in [4.78, 5) is 12.9. The van der Waals surface area contributed by atoms with E-state index in [1.165, 1.54) is 19.3 Å². The molecule has 4 bridgehead atoms. The SMILES string of the molecule is Cl.NC(CNC(=O)C12CC3CC(CC(C3)C1)C2)c1ccccc1. The first kappa shape index (κ1) is 16.8. The van der Waals surface area contributed by atoms with Crippen molar-refractivity contribution < 1.29 is 4.79 Å². The van der Waals surface area contributed by atoms with Crippen LogP contribution in [0.25, 0.3) is 0 Å². The predicted octanol–water partition coefficient (Wildman–Crippen LogP) is 3.44. The zero-order valence-electron chi connectivity index (χ0n) is 13.5. The Bertz CT molecular complexity index is 524. The quantitative estimate of drug-likeness (QED) is 0.886. The van der Waals surface area contributed by atoms with Crippen molar-refractivity contribution in [3.8, 4) is 0 Å². The van der Waals surface area contributed by atoms with Crippen molar-refractivity contribution in [2.24, 2.45) is 28.9 Å². The molecule has 0 spiro atoms. The number of hydrogen-bond donors (Lipinski definition) is 2. The molecule has 4 saturated carbocycles. The van der Waals surface area contributed by atoms with Gasteiger partial charge in [0.1, 0.15) is 0 Å². The third-order valence-corrected chi connectivity index (χ3v) is 6.23. The Labute approximate surface area is 144 Å². The van der Waals surface area contributed by atoms with Crippen molar-refractivity contribution in [2.75, 3.05) is 6.54 Å². The molecule has 5 rings (SSSR count). The van der Waals surface area contributed by atoms with Gasteiger partial charge in [-0.3, -0.25) is 4.79 Å². The molecular formula is C19H27ClN2O. The van der Waals surface area contributed by atoms with Gasteiger partial charge < -0.3 is 11.1 Å². The largest absolute Gasteiger partial charge is 0.354 e. The Morgan fingerprint density at radius 1 is 1.09 bits per heavy atom. The maximum Gasteiger partial charge on any atom is 0.226 e. The number of amides is 1. The van der Waals surface area contributed by atoms with Gasteiger partial charge in [-0.25, -0.2) is 0 Å². The summed E-state index contributed by atoms with van der Waals surface area (Å²) in [5.74, 6) is 2.69. The summed E-state index contributed by atoms with van der Waals surface area (Å²) in [5.41, 5.74) is 7.25. The van der Waals surface area contributed by atoms with Crippen LogP contribution in [0.5, 0.6) is 0 Å². The Morgan fingerprint density at radius 2 is 1.61 bits per heavy atom. The molecule has 1 atom stereocenters. The lowest BCUT2D eigenvalue weighted by Crippen LogP contribution is -2.54. The zero-order chi connectivity index (χ0) is 15.2. The molecule has 0 aliphatic heterocycles. The van der Waals surface area contributed by atoms with Crippen molar-refractivity contribution in [3.63, 3.8) is 0 Å². The molecule has 0 radical (unpaired) electrons. The summed E-state index contributed by atoms with van der Waals surface area (Å²) in [6.07, 6.45) is 7.46. The summed E-state index contributed by atoms with van der Waals surface area (Å²) in [6.45, 7) is 0.546. The number of nitrogens with one attached hydrogen (secondary N) is 1. The molecule has 0 saturated heterocycles. The molecule has 3 nitrogen and oxygen atoms in total. The van der Waals surface area contributed by atoms with Gasteiger partial charge in [0.2, 0.25) is 5.91 Å². The first-order valence-electron chi connectivity index (χ1n) is 8.73. The lowest BCUT2D eigenvalue weighted by atomic mass is 9.49. The third-order valence-electron chi connectivity index (χ3n) is 6.23. The van der Waals surface area contributed by atoms with Crippen LogP contribution in [-0.2, 0) is 4.79 Å². The monoisotopic (exact) mass is 334 g/mol. The molecule has 1 aromatic carbocycles. The Balaban J connectivity index is 0.00000156. The third kappa shape index (κ3) is 3.14. The molecule has 4 aliphatic rings. The van der Waals surface area contributed by atoms with Crippen molar-refractivity contribution >= 4 is 18.3 Å². The number of nitrogens with two attached hydrogens (primary N) is 1. The number of halogens is 1. The lowest BCUT2D eigenvalue weighted by molar-refractivity contribution is -0.146. The molecule has 1 amide bonds. The van der Waals surface area contributed by atoms with Crippen molar-refractivity contribution in [1.29, 1.82) is 0 Å². The second kappa shape index (κ2) is 6.45. The van der Waals surface area contributed by atoms with E-state index in [9.17, 15) is 4.79 Å². The molecule has 4 heteroatoms. The van der Waals surface area contributed by atoms with E-state index < -0.39 is 0 Å². The Kier molecular flexibility index (Phi) is 4.70. The normalized spacial score (nSPS) is 35.4. The molecule has 0 aromatic heterocycles. The molecule has 4 fully saturated rings. The highest BCUT2D eigenvalue weighted by atomic mass is 35.5.